The number of methoxy groups -OCH3 is 1. The number of morpholine rings is 1. The monoisotopic (exact) mass is 531 g/mol. The number of nitrogens with one attached hydrogen (secondary N) is 1. The van der Waals surface area contributed by atoms with E-state index in [1.54, 1.807) is 24.8 Å². The third-order valence-corrected chi connectivity index (χ3v) is 9.57. The van der Waals surface area contributed by atoms with E-state index < -0.39 is 20.6 Å². The van der Waals surface area contributed by atoms with Crippen LogP contribution in [0.25, 0.3) is 22.4 Å². The number of ether oxygens (including phenoxy) is 3. The van der Waals surface area contributed by atoms with Gasteiger partial charge in [0.15, 0.2) is 9.84 Å². The van der Waals surface area contributed by atoms with Crippen LogP contribution in [0.3, 0.4) is 0 Å². The van der Waals surface area contributed by atoms with E-state index in [9.17, 15) is 13.2 Å². The summed E-state index contributed by atoms with van der Waals surface area (Å²) in [5, 5.41) is 10.6. The number of thiophene rings is 1. The Hall–Kier alpha value is -2.89. The molecule has 11 heteroatoms. The smallest absolute Gasteiger partial charge is 0.272 e. The van der Waals surface area contributed by atoms with Crippen molar-refractivity contribution in [1.29, 1.82) is 0 Å². The second kappa shape index (κ2) is 8.89. The number of benzene rings is 1. The summed E-state index contributed by atoms with van der Waals surface area (Å²) in [4.78, 5) is 15.4. The molecule has 2 aliphatic rings. The molecular weight excluding hydrogens is 502 g/mol. The quantitative estimate of drug-likeness (QED) is 0.527. The molecule has 2 aliphatic heterocycles. The standard InChI is InChI=1S/C25H29N3O6S2/c1-14(2)36(30,31)18-10-16-20-17(11-34-22(16)19(23(18)32-5)15-6-9-35-12-15)21(27-26-20)24(29)28-7-8-33-13-25(28,3)4/h6,9-10,12,14H,7-8,11,13H2,1-5H3,(H,26,27). The number of nitrogens with zero attached hydrogens (tertiary/aromatic N) is 2. The molecule has 1 N–H and O–H groups in total. The fourth-order valence-electron chi connectivity index (χ4n) is 4.71. The average molecular weight is 532 g/mol. The molecule has 1 aromatic carbocycles. The summed E-state index contributed by atoms with van der Waals surface area (Å²) in [6, 6.07) is 3.46. The van der Waals surface area contributed by atoms with Crippen molar-refractivity contribution in [2.24, 2.45) is 0 Å². The van der Waals surface area contributed by atoms with Crippen LogP contribution in [0.1, 0.15) is 43.7 Å². The Morgan fingerprint density at radius 3 is 2.75 bits per heavy atom. The predicted molar refractivity (Wildman–Crippen MR) is 136 cm³/mol. The normalized spacial score (nSPS) is 16.9. The molecule has 3 aromatic rings. The maximum Gasteiger partial charge on any atom is 0.272 e. The van der Waals surface area contributed by atoms with E-state index in [1.807, 2.05) is 30.7 Å². The van der Waals surface area contributed by atoms with Gasteiger partial charge in [0, 0.05) is 17.7 Å². The lowest BCUT2D eigenvalue weighted by atomic mass is 9.95. The Morgan fingerprint density at radius 2 is 2.11 bits per heavy atom. The Morgan fingerprint density at radius 1 is 1.33 bits per heavy atom. The average Bonchev–Trinajstić information content (AvgIpc) is 3.52. The minimum Gasteiger partial charge on any atom is -0.495 e. The number of aromatic nitrogens is 2. The van der Waals surface area contributed by atoms with Crippen LogP contribution >= 0.6 is 11.3 Å². The summed E-state index contributed by atoms with van der Waals surface area (Å²) in [6.07, 6.45) is 0. The molecule has 1 amide bonds. The lowest BCUT2D eigenvalue weighted by Gasteiger charge is -2.42. The molecule has 0 aliphatic carbocycles. The maximum absolute atomic E-state index is 13.6. The molecule has 4 heterocycles. The molecule has 0 saturated carbocycles. The SMILES string of the molecule is COc1c(S(=O)(=O)C(C)C)cc2c(c1-c1ccsc1)OCc1c-2n[nH]c1C(=O)N1CCOCC1(C)C. The highest BCUT2D eigenvalue weighted by Gasteiger charge is 2.39. The molecular formula is C25H29N3O6S2. The zero-order valence-electron chi connectivity index (χ0n) is 20.9. The number of rotatable bonds is 5. The lowest BCUT2D eigenvalue weighted by Crippen LogP contribution is -2.55. The Balaban J connectivity index is 1.71. The predicted octanol–water partition coefficient (Wildman–Crippen LogP) is 4.14. The van der Waals surface area contributed by atoms with Gasteiger partial charge in [0.2, 0.25) is 0 Å². The molecule has 9 nitrogen and oxygen atoms in total. The summed E-state index contributed by atoms with van der Waals surface area (Å²) in [5.74, 6) is 0.537. The Bertz CT molecular complexity index is 1420. The molecule has 36 heavy (non-hydrogen) atoms. The Kier molecular flexibility index (Phi) is 6.12. The highest BCUT2D eigenvalue weighted by Crippen LogP contribution is 2.51. The van der Waals surface area contributed by atoms with Crippen molar-refractivity contribution >= 4 is 27.1 Å². The van der Waals surface area contributed by atoms with E-state index in [1.165, 1.54) is 18.4 Å². The highest BCUT2D eigenvalue weighted by atomic mass is 32.2. The number of fused-ring (bicyclic) bond motifs is 3. The third kappa shape index (κ3) is 3.80. The number of carbonyl (C=O) groups excluding carboxylic acids is 1. The van der Waals surface area contributed by atoms with Gasteiger partial charge in [-0.25, -0.2) is 8.42 Å². The minimum atomic E-state index is -3.72. The van der Waals surface area contributed by atoms with Crippen LogP contribution in [-0.4, -0.2) is 67.1 Å². The lowest BCUT2D eigenvalue weighted by molar-refractivity contribution is -0.0374. The van der Waals surface area contributed by atoms with Crippen molar-refractivity contribution < 1.29 is 27.4 Å². The van der Waals surface area contributed by atoms with Gasteiger partial charge in [-0.05, 0) is 56.2 Å². The summed E-state index contributed by atoms with van der Waals surface area (Å²) in [5.41, 5.74) is 2.83. The number of hydrogen-bond acceptors (Lipinski definition) is 8. The molecule has 2 aromatic heterocycles. The Labute approximate surface area is 214 Å². The first kappa shape index (κ1) is 24.8. The van der Waals surface area contributed by atoms with Gasteiger partial charge in [-0.1, -0.05) is 0 Å². The van der Waals surface area contributed by atoms with Gasteiger partial charge in [0.25, 0.3) is 5.91 Å². The molecule has 0 atom stereocenters. The van der Waals surface area contributed by atoms with Gasteiger partial charge < -0.3 is 19.1 Å². The number of amides is 1. The third-order valence-electron chi connectivity index (χ3n) is 6.73. The van der Waals surface area contributed by atoms with Crippen molar-refractivity contribution in [2.75, 3.05) is 26.9 Å². The topological polar surface area (TPSA) is 111 Å². The van der Waals surface area contributed by atoms with Gasteiger partial charge >= 0.3 is 0 Å². The molecule has 0 unspecified atom stereocenters. The largest absolute Gasteiger partial charge is 0.495 e. The van der Waals surface area contributed by atoms with E-state index in [4.69, 9.17) is 14.2 Å². The van der Waals surface area contributed by atoms with Crippen LogP contribution in [-0.2, 0) is 21.2 Å². The van der Waals surface area contributed by atoms with Crippen LogP contribution in [0.5, 0.6) is 11.5 Å². The van der Waals surface area contributed by atoms with E-state index in [-0.39, 0.29) is 23.2 Å². The van der Waals surface area contributed by atoms with Crippen LogP contribution in [0.15, 0.2) is 27.8 Å². The highest BCUT2D eigenvalue weighted by molar-refractivity contribution is 7.92. The van der Waals surface area contributed by atoms with E-state index in [2.05, 4.69) is 10.2 Å². The summed E-state index contributed by atoms with van der Waals surface area (Å²) < 4.78 is 44.3. The van der Waals surface area contributed by atoms with Gasteiger partial charge in [0.05, 0.1) is 36.7 Å². The zero-order chi connectivity index (χ0) is 25.8. The number of hydrogen-bond donors (Lipinski definition) is 1. The van der Waals surface area contributed by atoms with Crippen molar-refractivity contribution in [2.45, 2.75) is 50.0 Å². The van der Waals surface area contributed by atoms with E-state index in [0.29, 0.717) is 53.6 Å². The zero-order valence-corrected chi connectivity index (χ0v) is 22.5. The molecule has 5 rings (SSSR count). The molecule has 0 bridgehead atoms. The van der Waals surface area contributed by atoms with Crippen LogP contribution in [0, 0.1) is 0 Å². The first-order chi connectivity index (χ1) is 17.1. The van der Waals surface area contributed by atoms with Gasteiger partial charge in [0.1, 0.15) is 34.4 Å². The van der Waals surface area contributed by atoms with Crippen molar-refractivity contribution in [3.05, 3.63) is 34.2 Å². The van der Waals surface area contributed by atoms with Crippen molar-refractivity contribution in [3.8, 4) is 33.9 Å². The molecule has 1 fully saturated rings. The van der Waals surface area contributed by atoms with E-state index in [0.717, 1.165) is 5.56 Å². The van der Waals surface area contributed by atoms with Crippen LogP contribution in [0.2, 0.25) is 0 Å². The van der Waals surface area contributed by atoms with Crippen molar-refractivity contribution in [3.63, 3.8) is 0 Å². The fourth-order valence-corrected chi connectivity index (χ4v) is 6.59. The maximum atomic E-state index is 13.6. The molecule has 0 spiro atoms. The number of carbonyl (C=O) groups is 1. The van der Waals surface area contributed by atoms with Gasteiger partial charge in [-0.2, -0.15) is 16.4 Å². The minimum absolute atomic E-state index is 0.0709. The first-order valence-electron chi connectivity index (χ1n) is 11.7. The molecule has 1 saturated heterocycles. The first-order valence-corrected chi connectivity index (χ1v) is 14.2. The van der Waals surface area contributed by atoms with Crippen LogP contribution < -0.4 is 9.47 Å². The number of sulfone groups is 1. The number of aromatic amines is 1. The van der Waals surface area contributed by atoms with E-state index >= 15 is 0 Å². The molecule has 0 radical (unpaired) electrons. The summed E-state index contributed by atoms with van der Waals surface area (Å²) in [6.45, 7) is 8.67. The van der Waals surface area contributed by atoms with Crippen LogP contribution in [0.4, 0.5) is 0 Å². The number of H-pyrrole nitrogens is 1. The fraction of sp³-hybridized carbons (Fsp3) is 0.440. The van der Waals surface area contributed by atoms with Gasteiger partial charge in [-0.15, -0.1) is 0 Å². The summed E-state index contributed by atoms with van der Waals surface area (Å²) in [7, 11) is -2.26. The second-order valence-corrected chi connectivity index (χ2v) is 13.1. The molecule has 192 valence electrons. The summed E-state index contributed by atoms with van der Waals surface area (Å²) >= 11 is 1.49. The van der Waals surface area contributed by atoms with Gasteiger partial charge in [-0.3, -0.25) is 9.89 Å². The second-order valence-electron chi connectivity index (χ2n) is 9.80. The van der Waals surface area contributed by atoms with Crippen molar-refractivity contribution in [1.82, 2.24) is 15.1 Å².